The SMILES string of the molecule is COc1cccc(N2CCN(C(=O)CC3c4ncccc4C(=O)N3c3ccccc3)CC2)c1. The molecule has 1 atom stereocenters. The summed E-state index contributed by atoms with van der Waals surface area (Å²) in [7, 11) is 1.66. The zero-order valence-electron chi connectivity index (χ0n) is 18.6. The molecule has 0 spiro atoms. The third kappa shape index (κ3) is 4.02. The van der Waals surface area contributed by atoms with Crippen LogP contribution < -0.4 is 14.5 Å². The van der Waals surface area contributed by atoms with Crippen molar-refractivity contribution >= 4 is 23.2 Å². The fourth-order valence-electron chi connectivity index (χ4n) is 4.65. The average Bonchev–Trinajstić information content (AvgIpc) is 3.16. The molecule has 3 aromatic rings. The summed E-state index contributed by atoms with van der Waals surface area (Å²) < 4.78 is 5.33. The van der Waals surface area contributed by atoms with Gasteiger partial charge in [-0.05, 0) is 36.4 Å². The first-order valence-electron chi connectivity index (χ1n) is 11.2. The van der Waals surface area contributed by atoms with Gasteiger partial charge in [0.15, 0.2) is 0 Å². The first-order valence-corrected chi connectivity index (χ1v) is 11.2. The van der Waals surface area contributed by atoms with Gasteiger partial charge in [0, 0.05) is 49.8 Å². The lowest BCUT2D eigenvalue weighted by Gasteiger charge is -2.37. The van der Waals surface area contributed by atoms with Crippen molar-refractivity contribution in [3.05, 3.63) is 84.2 Å². The molecule has 0 N–H and O–H groups in total. The van der Waals surface area contributed by atoms with Crippen LogP contribution in [0.15, 0.2) is 72.9 Å². The van der Waals surface area contributed by atoms with E-state index in [1.165, 1.54) is 0 Å². The number of fused-ring (bicyclic) bond motifs is 1. The number of methoxy groups -OCH3 is 1. The minimum absolute atomic E-state index is 0.0394. The van der Waals surface area contributed by atoms with E-state index in [1.807, 2.05) is 53.4 Å². The highest BCUT2D eigenvalue weighted by molar-refractivity contribution is 6.11. The van der Waals surface area contributed by atoms with Gasteiger partial charge in [0.2, 0.25) is 5.91 Å². The van der Waals surface area contributed by atoms with Crippen LogP contribution in [0.1, 0.15) is 28.5 Å². The third-order valence-corrected chi connectivity index (χ3v) is 6.37. The number of benzene rings is 2. The van der Waals surface area contributed by atoms with Crippen molar-refractivity contribution in [2.24, 2.45) is 0 Å². The van der Waals surface area contributed by atoms with E-state index in [9.17, 15) is 9.59 Å². The fourth-order valence-corrected chi connectivity index (χ4v) is 4.65. The molecule has 1 fully saturated rings. The Bertz CT molecular complexity index is 1160. The van der Waals surface area contributed by atoms with Crippen molar-refractivity contribution < 1.29 is 14.3 Å². The second-order valence-corrected chi connectivity index (χ2v) is 8.24. The van der Waals surface area contributed by atoms with Gasteiger partial charge in [0.1, 0.15) is 5.75 Å². The number of hydrogen-bond acceptors (Lipinski definition) is 5. The quantitative estimate of drug-likeness (QED) is 0.605. The van der Waals surface area contributed by atoms with E-state index in [4.69, 9.17) is 4.74 Å². The molecular formula is C26H26N4O3. The molecule has 0 saturated carbocycles. The Morgan fingerprint density at radius 1 is 0.970 bits per heavy atom. The van der Waals surface area contributed by atoms with Crippen LogP contribution in [0.2, 0.25) is 0 Å². The minimum Gasteiger partial charge on any atom is -0.497 e. The van der Waals surface area contributed by atoms with Crippen LogP contribution >= 0.6 is 0 Å². The molecule has 7 nitrogen and oxygen atoms in total. The summed E-state index contributed by atoms with van der Waals surface area (Å²) in [6, 6.07) is 20.6. The highest BCUT2D eigenvalue weighted by Gasteiger charge is 2.40. The van der Waals surface area contributed by atoms with Crippen LogP contribution in [0.5, 0.6) is 5.75 Å². The first kappa shape index (κ1) is 21.0. The van der Waals surface area contributed by atoms with Crippen molar-refractivity contribution in [1.29, 1.82) is 0 Å². The number of ether oxygens (including phenoxy) is 1. The van der Waals surface area contributed by atoms with Gasteiger partial charge in [-0.2, -0.15) is 0 Å². The molecule has 0 radical (unpaired) electrons. The maximum Gasteiger partial charge on any atom is 0.260 e. The first-order chi connectivity index (χ1) is 16.2. The maximum absolute atomic E-state index is 13.3. The molecule has 0 bridgehead atoms. The van der Waals surface area contributed by atoms with Crippen molar-refractivity contribution in [3.63, 3.8) is 0 Å². The van der Waals surface area contributed by atoms with Crippen molar-refractivity contribution in [2.45, 2.75) is 12.5 Å². The van der Waals surface area contributed by atoms with E-state index in [0.29, 0.717) is 24.3 Å². The Hall–Kier alpha value is -3.87. The molecule has 1 unspecified atom stereocenters. The topological polar surface area (TPSA) is 66.0 Å². The lowest BCUT2D eigenvalue weighted by molar-refractivity contribution is -0.131. The molecule has 1 saturated heterocycles. The number of para-hydroxylation sites is 1. The number of pyridine rings is 1. The molecule has 5 rings (SSSR count). The van der Waals surface area contributed by atoms with Gasteiger partial charge in [-0.25, -0.2) is 0 Å². The Balaban J connectivity index is 1.31. The largest absolute Gasteiger partial charge is 0.497 e. The highest BCUT2D eigenvalue weighted by Crippen LogP contribution is 2.38. The lowest BCUT2D eigenvalue weighted by atomic mass is 10.1. The van der Waals surface area contributed by atoms with Crippen LogP contribution in [-0.4, -0.2) is 55.0 Å². The van der Waals surface area contributed by atoms with Crippen LogP contribution in [0.4, 0.5) is 11.4 Å². The van der Waals surface area contributed by atoms with Crippen molar-refractivity contribution in [2.75, 3.05) is 43.1 Å². The summed E-state index contributed by atoms with van der Waals surface area (Å²) in [5.74, 6) is 0.756. The van der Waals surface area contributed by atoms with Crippen molar-refractivity contribution in [1.82, 2.24) is 9.88 Å². The summed E-state index contributed by atoms with van der Waals surface area (Å²) >= 11 is 0. The molecule has 2 amide bonds. The second kappa shape index (κ2) is 8.94. The fraction of sp³-hybridized carbons (Fsp3) is 0.269. The molecule has 168 valence electrons. The van der Waals surface area contributed by atoms with Crippen LogP contribution in [0, 0.1) is 0 Å². The molecular weight excluding hydrogens is 416 g/mol. The lowest BCUT2D eigenvalue weighted by Crippen LogP contribution is -2.49. The zero-order valence-corrected chi connectivity index (χ0v) is 18.6. The van der Waals surface area contributed by atoms with E-state index in [0.717, 1.165) is 30.2 Å². The van der Waals surface area contributed by atoms with Crippen molar-refractivity contribution in [3.8, 4) is 5.75 Å². The number of piperazine rings is 1. The molecule has 2 aliphatic heterocycles. The highest BCUT2D eigenvalue weighted by atomic mass is 16.5. The monoisotopic (exact) mass is 442 g/mol. The molecule has 33 heavy (non-hydrogen) atoms. The number of rotatable bonds is 5. The average molecular weight is 443 g/mol. The smallest absolute Gasteiger partial charge is 0.260 e. The van der Waals surface area contributed by atoms with Gasteiger partial charge in [-0.3, -0.25) is 19.5 Å². The predicted molar refractivity (Wildman–Crippen MR) is 127 cm³/mol. The second-order valence-electron chi connectivity index (χ2n) is 8.24. The summed E-state index contributed by atoms with van der Waals surface area (Å²) in [5, 5.41) is 0. The number of carbonyl (C=O) groups is 2. The molecule has 2 aliphatic rings. The predicted octanol–water partition coefficient (Wildman–Crippen LogP) is 3.53. The Morgan fingerprint density at radius 2 is 1.73 bits per heavy atom. The molecule has 7 heteroatoms. The van der Waals surface area contributed by atoms with Gasteiger partial charge >= 0.3 is 0 Å². The van der Waals surface area contributed by atoms with Crippen LogP contribution in [-0.2, 0) is 4.79 Å². The third-order valence-electron chi connectivity index (χ3n) is 6.37. The number of hydrogen-bond donors (Lipinski definition) is 0. The summed E-state index contributed by atoms with van der Waals surface area (Å²) in [4.78, 5) is 36.8. The number of aromatic nitrogens is 1. The molecule has 0 aliphatic carbocycles. The summed E-state index contributed by atoms with van der Waals surface area (Å²) in [6.45, 7) is 2.77. The number of nitrogens with zero attached hydrogens (tertiary/aromatic N) is 4. The van der Waals surface area contributed by atoms with Crippen LogP contribution in [0.25, 0.3) is 0 Å². The van der Waals surface area contributed by atoms with Gasteiger partial charge in [0.05, 0.1) is 30.8 Å². The van der Waals surface area contributed by atoms with E-state index < -0.39 is 6.04 Å². The van der Waals surface area contributed by atoms with E-state index in [1.54, 1.807) is 30.3 Å². The van der Waals surface area contributed by atoms with E-state index in [-0.39, 0.29) is 18.2 Å². The standard InChI is InChI=1S/C26H26N4O3/c1-33-21-10-5-9-20(17-21)28-13-15-29(16-14-28)24(31)18-23-25-22(11-6-12-27-25)26(32)30(23)19-7-3-2-4-8-19/h2-12,17,23H,13-16,18H2,1H3. The summed E-state index contributed by atoms with van der Waals surface area (Å²) in [6.07, 6.45) is 1.90. The van der Waals surface area contributed by atoms with Gasteiger partial charge in [-0.15, -0.1) is 0 Å². The van der Waals surface area contributed by atoms with Gasteiger partial charge < -0.3 is 14.5 Å². The normalized spacial score (nSPS) is 17.8. The molecule has 2 aromatic carbocycles. The Morgan fingerprint density at radius 3 is 2.48 bits per heavy atom. The Kier molecular flexibility index (Phi) is 5.69. The number of amides is 2. The van der Waals surface area contributed by atoms with Gasteiger partial charge in [-0.1, -0.05) is 24.3 Å². The molecule has 1 aromatic heterocycles. The summed E-state index contributed by atoms with van der Waals surface area (Å²) in [5.41, 5.74) is 3.12. The Labute approximate surface area is 193 Å². The van der Waals surface area contributed by atoms with Gasteiger partial charge in [0.25, 0.3) is 5.91 Å². The zero-order chi connectivity index (χ0) is 22.8. The van der Waals surface area contributed by atoms with E-state index >= 15 is 0 Å². The molecule has 3 heterocycles. The van der Waals surface area contributed by atoms with E-state index in [2.05, 4.69) is 16.0 Å². The minimum atomic E-state index is -0.403. The number of anilines is 2. The maximum atomic E-state index is 13.3. The number of carbonyl (C=O) groups excluding carboxylic acids is 2. The van der Waals surface area contributed by atoms with Crippen LogP contribution in [0.3, 0.4) is 0 Å².